The summed E-state index contributed by atoms with van der Waals surface area (Å²) in [7, 11) is -4.09. The van der Waals surface area contributed by atoms with Crippen molar-refractivity contribution >= 4 is 84.7 Å². The molecule has 0 saturated carbocycles. The second-order valence-electron chi connectivity index (χ2n) is 9.62. The normalized spacial score (nSPS) is 18.9. The standard InChI is InChI=1S/C28H22Cl2N4O6S2/c29-21-7-1-16(13-22(21)30)15-34-23-8-6-19(14-20(23)24(27(34)36)25-26(35)31-28(37)41-25)42(38,39)32-17-2-4-18(5-3-17)33-9-11-40-12-10-33/h1-8,13-14,32H,9-12,15H2,(H,31,35,37)/b25-24+. The quantitative estimate of drug-likeness (QED) is 0.364. The number of benzene rings is 3. The molecule has 0 aromatic heterocycles. The smallest absolute Gasteiger partial charge is 0.290 e. The Balaban J connectivity index is 1.34. The molecule has 6 rings (SSSR count). The van der Waals surface area contributed by atoms with Crippen LogP contribution in [0, 0.1) is 0 Å². The SMILES string of the molecule is O=C1NC(=O)/C(=C2\C(=O)N(Cc3ccc(Cl)c(Cl)c3)c3ccc(S(=O)(=O)Nc4ccc(N5CCOCC5)cc4)cc32)S1. The van der Waals surface area contributed by atoms with Gasteiger partial charge < -0.3 is 14.5 Å². The molecule has 3 aromatic rings. The first kappa shape index (κ1) is 28.6. The third-order valence-corrected chi connectivity index (χ3v) is 9.96. The molecule has 0 bridgehead atoms. The average molecular weight is 646 g/mol. The molecule has 3 heterocycles. The summed E-state index contributed by atoms with van der Waals surface area (Å²) in [5, 5.41) is 2.20. The largest absolute Gasteiger partial charge is 0.378 e. The molecule has 2 saturated heterocycles. The lowest BCUT2D eigenvalue weighted by Gasteiger charge is -2.28. The van der Waals surface area contributed by atoms with E-state index in [-0.39, 0.29) is 27.5 Å². The van der Waals surface area contributed by atoms with Crippen molar-refractivity contribution in [2.45, 2.75) is 11.4 Å². The van der Waals surface area contributed by atoms with Gasteiger partial charge >= 0.3 is 0 Å². The number of nitrogens with zero attached hydrogens (tertiary/aromatic N) is 2. The highest BCUT2D eigenvalue weighted by molar-refractivity contribution is 8.18. The predicted octanol–water partition coefficient (Wildman–Crippen LogP) is 4.87. The molecule has 3 amide bonds. The molecule has 3 aliphatic rings. The maximum absolute atomic E-state index is 13.7. The molecule has 0 unspecified atom stereocenters. The van der Waals surface area contributed by atoms with Crippen LogP contribution in [-0.2, 0) is 30.9 Å². The Labute approximate surface area is 255 Å². The third-order valence-electron chi connectivity index (χ3n) is 6.96. The Morgan fingerprint density at radius 2 is 1.67 bits per heavy atom. The van der Waals surface area contributed by atoms with Crippen molar-refractivity contribution in [1.29, 1.82) is 0 Å². The number of anilines is 3. The Hall–Kier alpha value is -3.55. The summed E-state index contributed by atoms with van der Waals surface area (Å²) in [6.07, 6.45) is 0. The highest BCUT2D eigenvalue weighted by Gasteiger charge is 2.40. The minimum Gasteiger partial charge on any atom is -0.378 e. The van der Waals surface area contributed by atoms with Crippen LogP contribution in [0.1, 0.15) is 11.1 Å². The zero-order chi connectivity index (χ0) is 29.6. The summed E-state index contributed by atoms with van der Waals surface area (Å²) in [6.45, 7) is 2.83. The number of morpholine rings is 1. The molecule has 2 N–H and O–H groups in total. The van der Waals surface area contributed by atoms with Gasteiger partial charge in [0.25, 0.3) is 27.1 Å². The third kappa shape index (κ3) is 5.48. The molecule has 10 nitrogen and oxygen atoms in total. The van der Waals surface area contributed by atoms with Gasteiger partial charge in [0.05, 0.1) is 50.9 Å². The number of amides is 3. The van der Waals surface area contributed by atoms with Gasteiger partial charge in [0.1, 0.15) is 0 Å². The molecule has 0 aliphatic carbocycles. The van der Waals surface area contributed by atoms with E-state index in [0.29, 0.717) is 52.0 Å². The Morgan fingerprint density at radius 1 is 0.929 bits per heavy atom. The number of nitrogens with one attached hydrogen (secondary N) is 2. The lowest BCUT2D eigenvalue weighted by Crippen LogP contribution is -2.36. The number of halogens is 2. The Bertz CT molecular complexity index is 1770. The van der Waals surface area contributed by atoms with Crippen molar-refractivity contribution in [3.63, 3.8) is 0 Å². The van der Waals surface area contributed by atoms with Gasteiger partial charge in [0.15, 0.2) is 0 Å². The van der Waals surface area contributed by atoms with Crippen molar-refractivity contribution in [1.82, 2.24) is 5.32 Å². The fourth-order valence-electron chi connectivity index (χ4n) is 4.93. The van der Waals surface area contributed by atoms with Gasteiger partial charge in [-0.3, -0.25) is 24.4 Å². The number of rotatable bonds is 6. The van der Waals surface area contributed by atoms with E-state index in [4.69, 9.17) is 27.9 Å². The summed E-state index contributed by atoms with van der Waals surface area (Å²) in [5.41, 5.74) is 2.53. The van der Waals surface area contributed by atoms with Gasteiger partial charge in [-0.1, -0.05) is 29.3 Å². The lowest BCUT2D eigenvalue weighted by atomic mass is 10.1. The number of fused-ring (bicyclic) bond motifs is 1. The molecule has 42 heavy (non-hydrogen) atoms. The summed E-state index contributed by atoms with van der Waals surface area (Å²) in [6, 6.07) is 16.2. The number of sulfonamides is 1. The zero-order valence-corrected chi connectivity index (χ0v) is 24.9. The first-order valence-corrected chi connectivity index (χ1v) is 15.8. The van der Waals surface area contributed by atoms with E-state index in [1.165, 1.54) is 23.1 Å². The van der Waals surface area contributed by atoms with Crippen molar-refractivity contribution in [2.24, 2.45) is 0 Å². The van der Waals surface area contributed by atoms with Gasteiger partial charge in [-0.25, -0.2) is 8.42 Å². The molecule has 0 atom stereocenters. The summed E-state index contributed by atoms with van der Waals surface area (Å²) < 4.78 is 34.8. The zero-order valence-electron chi connectivity index (χ0n) is 21.7. The molecular weight excluding hydrogens is 623 g/mol. The molecule has 3 aliphatic heterocycles. The van der Waals surface area contributed by atoms with E-state index in [0.717, 1.165) is 18.8 Å². The molecule has 2 fully saturated rings. The maximum atomic E-state index is 13.7. The van der Waals surface area contributed by atoms with Crippen LogP contribution in [0.5, 0.6) is 0 Å². The molecule has 216 valence electrons. The van der Waals surface area contributed by atoms with Crippen LogP contribution in [0.2, 0.25) is 10.0 Å². The monoisotopic (exact) mass is 644 g/mol. The Morgan fingerprint density at radius 3 is 2.33 bits per heavy atom. The van der Waals surface area contributed by atoms with Crippen LogP contribution in [0.25, 0.3) is 5.57 Å². The van der Waals surface area contributed by atoms with Crippen LogP contribution in [0.4, 0.5) is 21.9 Å². The van der Waals surface area contributed by atoms with Gasteiger partial charge in [0.2, 0.25) is 0 Å². The van der Waals surface area contributed by atoms with Gasteiger partial charge in [-0.15, -0.1) is 0 Å². The fourth-order valence-corrected chi connectivity index (χ4v) is 7.11. The lowest BCUT2D eigenvalue weighted by molar-refractivity contribution is -0.116. The second-order valence-corrected chi connectivity index (χ2v) is 13.1. The first-order valence-electron chi connectivity index (χ1n) is 12.7. The number of imide groups is 1. The summed E-state index contributed by atoms with van der Waals surface area (Å²) in [4.78, 5) is 41.6. The van der Waals surface area contributed by atoms with E-state index in [9.17, 15) is 22.8 Å². The maximum Gasteiger partial charge on any atom is 0.290 e. The van der Waals surface area contributed by atoms with Crippen molar-refractivity contribution < 1.29 is 27.5 Å². The van der Waals surface area contributed by atoms with E-state index < -0.39 is 27.1 Å². The van der Waals surface area contributed by atoms with E-state index in [1.807, 2.05) is 12.1 Å². The molecule has 14 heteroatoms. The second kappa shape index (κ2) is 11.3. The van der Waals surface area contributed by atoms with E-state index in [2.05, 4.69) is 14.9 Å². The Kier molecular flexibility index (Phi) is 7.66. The average Bonchev–Trinajstić information content (AvgIpc) is 3.44. The minimum absolute atomic E-state index is 0.0506. The van der Waals surface area contributed by atoms with Crippen LogP contribution >= 0.6 is 35.0 Å². The predicted molar refractivity (Wildman–Crippen MR) is 162 cm³/mol. The molecule has 3 aromatic carbocycles. The van der Waals surface area contributed by atoms with Gasteiger partial charge in [-0.05, 0) is 71.9 Å². The van der Waals surface area contributed by atoms with Crippen LogP contribution in [0.15, 0.2) is 70.5 Å². The van der Waals surface area contributed by atoms with E-state index in [1.54, 1.807) is 30.3 Å². The summed E-state index contributed by atoms with van der Waals surface area (Å²) in [5.74, 6) is -1.27. The molecule has 0 radical (unpaired) electrons. The number of hydrogen-bond acceptors (Lipinski definition) is 8. The number of ether oxygens (including phenoxy) is 1. The summed E-state index contributed by atoms with van der Waals surface area (Å²) >= 11 is 12.8. The highest BCUT2D eigenvalue weighted by atomic mass is 35.5. The number of hydrogen-bond donors (Lipinski definition) is 2. The minimum atomic E-state index is -4.09. The van der Waals surface area contributed by atoms with E-state index >= 15 is 0 Å². The van der Waals surface area contributed by atoms with Crippen molar-refractivity contribution in [2.75, 3.05) is 40.8 Å². The molecule has 0 spiro atoms. The number of carbonyl (C=O) groups excluding carboxylic acids is 3. The van der Waals surface area contributed by atoms with Gasteiger partial charge in [0, 0.05) is 30.0 Å². The van der Waals surface area contributed by atoms with Crippen LogP contribution < -0.4 is 19.8 Å². The fraction of sp³-hybridized carbons (Fsp3) is 0.179. The highest BCUT2D eigenvalue weighted by Crippen LogP contribution is 2.44. The first-order chi connectivity index (χ1) is 20.1. The van der Waals surface area contributed by atoms with Crippen molar-refractivity contribution in [3.8, 4) is 0 Å². The topological polar surface area (TPSA) is 125 Å². The van der Waals surface area contributed by atoms with Crippen LogP contribution in [-0.4, -0.2) is 51.8 Å². The van der Waals surface area contributed by atoms with Crippen molar-refractivity contribution in [3.05, 3.63) is 86.7 Å². The number of carbonyl (C=O) groups is 3. The molecular formula is C28H22Cl2N4O6S2. The number of thioether (sulfide) groups is 1. The van der Waals surface area contributed by atoms with Crippen LogP contribution in [0.3, 0.4) is 0 Å². The van der Waals surface area contributed by atoms with Gasteiger partial charge in [-0.2, -0.15) is 0 Å².